The Morgan fingerprint density at radius 2 is 1.46 bits per heavy atom. The van der Waals surface area contributed by atoms with E-state index in [-0.39, 0.29) is 17.3 Å². The lowest BCUT2D eigenvalue weighted by Crippen LogP contribution is -2.61. The van der Waals surface area contributed by atoms with E-state index in [1.54, 1.807) is 12.1 Å². The van der Waals surface area contributed by atoms with Gasteiger partial charge in [0.25, 0.3) is 5.91 Å². The van der Waals surface area contributed by atoms with E-state index in [0.717, 1.165) is 42.6 Å². The van der Waals surface area contributed by atoms with Crippen molar-refractivity contribution in [3.8, 4) is 0 Å². The molecule has 2 aromatic rings. The molecule has 4 aliphatic rings. The van der Waals surface area contributed by atoms with Crippen LogP contribution < -0.4 is 0 Å². The second kappa shape index (κ2) is 6.88. The molecule has 0 unspecified atom stereocenters. The Kier molecular flexibility index (Phi) is 4.46. The Morgan fingerprint density at radius 3 is 2.00 bits per heavy atom. The van der Waals surface area contributed by atoms with Crippen molar-refractivity contribution in [1.29, 1.82) is 0 Å². The van der Waals surface area contributed by atoms with Crippen LogP contribution in [0.3, 0.4) is 0 Å². The fraction of sp³-hybridized carbons (Fsp3) is 0.458. The minimum atomic E-state index is -0.310. The summed E-state index contributed by atoms with van der Waals surface area (Å²) in [6.45, 7) is 0.583. The van der Waals surface area contributed by atoms with Crippen molar-refractivity contribution in [2.75, 3.05) is 0 Å². The fourth-order valence-electron chi connectivity index (χ4n) is 6.37. The van der Waals surface area contributed by atoms with Crippen molar-refractivity contribution in [1.82, 2.24) is 4.90 Å². The molecule has 0 radical (unpaired) electrons. The van der Waals surface area contributed by atoms with E-state index in [2.05, 4.69) is 4.90 Å². The van der Waals surface area contributed by atoms with Crippen molar-refractivity contribution in [2.45, 2.75) is 50.6 Å². The quantitative estimate of drug-likeness (QED) is 0.611. The minimum absolute atomic E-state index is 0.0249. The number of benzene rings is 2. The van der Waals surface area contributed by atoms with Crippen LogP contribution in [-0.4, -0.2) is 16.3 Å². The van der Waals surface area contributed by atoms with Gasteiger partial charge in [0.2, 0.25) is 0 Å². The molecule has 146 valence electrons. The van der Waals surface area contributed by atoms with Crippen LogP contribution >= 0.6 is 11.6 Å². The summed E-state index contributed by atoms with van der Waals surface area (Å²) in [7, 11) is 0. The van der Waals surface area contributed by atoms with Crippen LogP contribution in [0.25, 0.3) is 0 Å². The van der Waals surface area contributed by atoms with E-state index in [4.69, 9.17) is 11.6 Å². The van der Waals surface area contributed by atoms with Crippen LogP contribution in [0.2, 0.25) is 5.02 Å². The van der Waals surface area contributed by atoms with Crippen LogP contribution in [0.4, 0.5) is 4.39 Å². The van der Waals surface area contributed by atoms with Gasteiger partial charge in [-0.2, -0.15) is 0 Å². The molecule has 4 bridgehead atoms. The first kappa shape index (κ1) is 18.2. The van der Waals surface area contributed by atoms with Crippen molar-refractivity contribution < 1.29 is 9.18 Å². The molecule has 1 amide bonds. The second-order valence-corrected chi connectivity index (χ2v) is 9.60. The number of rotatable bonds is 4. The number of carbonyl (C=O) groups is 1. The van der Waals surface area contributed by atoms with E-state index in [1.807, 2.05) is 24.3 Å². The number of amides is 1. The third-order valence-electron chi connectivity index (χ3n) is 7.17. The molecule has 4 aliphatic carbocycles. The van der Waals surface area contributed by atoms with Crippen molar-refractivity contribution in [3.63, 3.8) is 0 Å². The number of hydrogen-bond donors (Lipinski definition) is 0. The second-order valence-electron chi connectivity index (χ2n) is 9.17. The van der Waals surface area contributed by atoms with Crippen LogP contribution in [0.15, 0.2) is 48.5 Å². The monoisotopic (exact) mass is 397 g/mol. The SMILES string of the molecule is O=C(c1ccc(F)cc1)N(Cc1ccc(Cl)cc1)C12CC3CC(CC(C3)C1)C2. The van der Waals surface area contributed by atoms with Crippen LogP contribution in [0, 0.1) is 23.6 Å². The smallest absolute Gasteiger partial charge is 0.254 e. The van der Waals surface area contributed by atoms with E-state index in [9.17, 15) is 9.18 Å². The zero-order valence-electron chi connectivity index (χ0n) is 15.9. The van der Waals surface area contributed by atoms with E-state index < -0.39 is 0 Å². The van der Waals surface area contributed by atoms with Crippen LogP contribution in [0.1, 0.15) is 54.4 Å². The highest BCUT2D eigenvalue weighted by molar-refractivity contribution is 6.30. The van der Waals surface area contributed by atoms with Gasteiger partial charge < -0.3 is 4.90 Å². The predicted octanol–water partition coefficient (Wildman–Crippen LogP) is 6.09. The standard InChI is InChI=1S/C24H25ClFNO/c25-21-5-1-16(2-6-21)15-27(23(28)20-3-7-22(26)8-4-20)24-12-17-9-18(13-24)11-19(10-17)14-24/h1-8,17-19H,9-15H2. The van der Waals surface area contributed by atoms with Gasteiger partial charge in [0, 0.05) is 22.7 Å². The average molecular weight is 398 g/mol. The maximum absolute atomic E-state index is 13.6. The molecule has 6 rings (SSSR count). The first-order valence-electron chi connectivity index (χ1n) is 10.3. The number of carbonyl (C=O) groups excluding carboxylic acids is 1. The normalized spacial score (nSPS) is 30.4. The van der Waals surface area contributed by atoms with Gasteiger partial charge in [-0.15, -0.1) is 0 Å². The summed E-state index contributed by atoms with van der Waals surface area (Å²) in [4.78, 5) is 15.7. The van der Waals surface area contributed by atoms with Gasteiger partial charge >= 0.3 is 0 Å². The van der Waals surface area contributed by atoms with Gasteiger partial charge in [-0.1, -0.05) is 23.7 Å². The molecule has 0 saturated heterocycles. The molecule has 0 heterocycles. The number of nitrogens with zero attached hydrogens (tertiary/aromatic N) is 1. The topological polar surface area (TPSA) is 20.3 Å². The zero-order valence-corrected chi connectivity index (χ0v) is 16.7. The Bertz CT molecular complexity index is 841. The molecule has 0 spiro atoms. The molecular weight excluding hydrogens is 373 g/mol. The summed E-state index contributed by atoms with van der Waals surface area (Å²) in [6.07, 6.45) is 7.33. The Labute approximate surface area is 170 Å². The summed E-state index contributed by atoms with van der Waals surface area (Å²) >= 11 is 6.06. The molecule has 0 N–H and O–H groups in total. The van der Waals surface area contributed by atoms with Crippen molar-refractivity contribution in [3.05, 3.63) is 70.5 Å². The summed E-state index contributed by atoms with van der Waals surface area (Å²) in [5.41, 5.74) is 1.61. The maximum atomic E-state index is 13.6. The van der Waals surface area contributed by atoms with Crippen LogP contribution in [0.5, 0.6) is 0 Å². The minimum Gasteiger partial charge on any atom is -0.329 e. The molecule has 4 saturated carbocycles. The molecular formula is C24H25ClFNO. The molecule has 0 aromatic heterocycles. The molecule has 2 nitrogen and oxygen atoms in total. The average Bonchev–Trinajstić information content (AvgIpc) is 2.66. The lowest BCUT2D eigenvalue weighted by molar-refractivity contribution is -0.0775. The Hall–Kier alpha value is -1.87. The van der Waals surface area contributed by atoms with Crippen molar-refractivity contribution >= 4 is 17.5 Å². The summed E-state index contributed by atoms with van der Waals surface area (Å²) in [5, 5.41) is 0.704. The van der Waals surface area contributed by atoms with Gasteiger partial charge in [0.15, 0.2) is 0 Å². The first-order valence-corrected chi connectivity index (χ1v) is 10.7. The molecule has 2 aromatic carbocycles. The van der Waals surface area contributed by atoms with Gasteiger partial charge in [-0.3, -0.25) is 4.79 Å². The highest BCUT2D eigenvalue weighted by Crippen LogP contribution is 2.58. The highest BCUT2D eigenvalue weighted by Gasteiger charge is 2.54. The first-order chi connectivity index (χ1) is 13.5. The van der Waals surface area contributed by atoms with E-state index >= 15 is 0 Å². The summed E-state index contributed by atoms with van der Waals surface area (Å²) < 4.78 is 13.4. The van der Waals surface area contributed by atoms with E-state index in [1.165, 1.54) is 31.4 Å². The third-order valence-corrected chi connectivity index (χ3v) is 7.42. The maximum Gasteiger partial charge on any atom is 0.254 e. The highest BCUT2D eigenvalue weighted by atomic mass is 35.5. The molecule has 4 fully saturated rings. The largest absolute Gasteiger partial charge is 0.329 e. The van der Waals surface area contributed by atoms with Gasteiger partial charge in [0.1, 0.15) is 5.82 Å². The van der Waals surface area contributed by atoms with Crippen LogP contribution in [-0.2, 0) is 6.54 Å². The van der Waals surface area contributed by atoms with E-state index in [0.29, 0.717) is 17.1 Å². The Morgan fingerprint density at radius 1 is 0.929 bits per heavy atom. The van der Waals surface area contributed by atoms with Gasteiger partial charge in [-0.25, -0.2) is 4.39 Å². The lowest BCUT2D eigenvalue weighted by Gasteiger charge is -2.60. The van der Waals surface area contributed by atoms with Crippen molar-refractivity contribution in [2.24, 2.45) is 17.8 Å². The molecule has 28 heavy (non-hydrogen) atoms. The summed E-state index contributed by atoms with van der Waals surface area (Å²) in [6, 6.07) is 13.8. The molecule has 0 atom stereocenters. The Balaban J connectivity index is 1.51. The predicted molar refractivity (Wildman–Crippen MR) is 109 cm³/mol. The zero-order chi connectivity index (χ0) is 19.3. The van der Waals surface area contributed by atoms with Gasteiger partial charge in [0.05, 0.1) is 0 Å². The number of halogens is 2. The summed E-state index contributed by atoms with van der Waals surface area (Å²) in [5.74, 6) is 1.97. The molecule has 0 aliphatic heterocycles. The lowest BCUT2D eigenvalue weighted by atomic mass is 9.52. The third kappa shape index (κ3) is 3.24. The fourth-order valence-corrected chi connectivity index (χ4v) is 6.50. The van der Waals surface area contributed by atoms with Gasteiger partial charge in [-0.05, 0) is 98.2 Å². The number of hydrogen-bond acceptors (Lipinski definition) is 1. The molecule has 4 heteroatoms.